The first-order valence-corrected chi connectivity index (χ1v) is 13.0. The van der Waals surface area contributed by atoms with Crippen LogP contribution in [0.15, 0.2) is 42.5 Å². The van der Waals surface area contributed by atoms with Gasteiger partial charge in [0.25, 0.3) is 0 Å². The van der Waals surface area contributed by atoms with Crippen LogP contribution in [0, 0.1) is 0 Å². The average molecular weight is 552 g/mol. The van der Waals surface area contributed by atoms with Crippen LogP contribution in [0.1, 0.15) is 23.6 Å². The van der Waals surface area contributed by atoms with Gasteiger partial charge in [-0.25, -0.2) is 0 Å². The molecule has 0 aromatic heterocycles. The molecule has 0 saturated carbocycles. The summed E-state index contributed by atoms with van der Waals surface area (Å²) in [7, 11) is 3.37. The van der Waals surface area contributed by atoms with Gasteiger partial charge in [-0.15, -0.1) is 0 Å². The summed E-state index contributed by atoms with van der Waals surface area (Å²) in [5.74, 6) is -0.136. The Morgan fingerprint density at radius 3 is 2.70 bits per heavy atom. The summed E-state index contributed by atoms with van der Waals surface area (Å²) in [5, 5.41) is 14.0. The lowest BCUT2D eigenvalue weighted by Gasteiger charge is -2.32. The number of Topliss-reactive ketones (excluding diaryl/α,β-unsaturated/α-hetero) is 1. The van der Waals surface area contributed by atoms with E-state index in [0.29, 0.717) is 42.8 Å². The van der Waals surface area contributed by atoms with Crippen LogP contribution in [0.2, 0.25) is 10.0 Å². The van der Waals surface area contributed by atoms with Gasteiger partial charge < -0.3 is 24.8 Å². The van der Waals surface area contributed by atoms with Gasteiger partial charge in [0.15, 0.2) is 5.78 Å². The molecule has 37 heavy (non-hydrogen) atoms. The summed E-state index contributed by atoms with van der Waals surface area (Å²) >= 11 is 12.2. The number of carbonyl (C=O) groups excluding carboxylic acids is 2. The first-order valence-electron chi connectivity index (χ1n) is 12.3. The zero-order valence-electron chi connectivity index (χ0n) is 21.3. The second kappa shape index (κ2) is 14.7. The van der Waals surface area contributed by atoms with Gasteiger partial charge in [-0.05, 0) is 41.8 Å². The van der Waals surface area contributed by atoms with Crippen LogP contribution in [0.25, 0.3) is 0 Å². The Labute approximate surface area is 228 Å². The number of aliphatic hydroxyl groups is 1. The van der Waals surface area contributed by atoms with E-state index >= 15 is 0 Å². The molecule has 1 aliphatic rings. The van der Waals surface area contributed by atoms with Gasteiger partial charge in [0.05, 0.1) is 48.4 Å². The third-order valence-electron chi connectivity index (χ3n) is 6.33. The number of nitrogens with zero attached hydrogens (tertiary/aromatic N) is 2. The molecule has 2 aromatic carbocycles. The van der Waals surface area contributed by atoms with E-state index in [2.05, 4.69) is 10.2 Å². The summed E-state index contributed by atoms with van der Waals surface area (Å²) < 4.78 is 10.2. The molecule has 1 fully saturated rings. The number of methoxy groups -OCH3 is 1. The molecule has 2 aromatic rings. The summed E-state index contributed by atoms with van der Waals surface area (Å²) in [6.07, 6.45) is 0.536. The molecular weight excluding hydrogens is 517 g/mol. The highest BCUT2D eigenvalue weighted by Crippen LogP contribution is 2.27. The molecule has 202 valence electrons. The second-order valence-electron chi connectivity index (χ2n) is 9.21. The fraction of sp³-hybridized carbons (Fsp3) is 0.481. The van der Waals surface area contributed by atoms with Crippen molar-refractivity contribution >= 4 is 40.6 Å². The fourth-order valence-electron chi connectivity index (χ4n) is 4.23. The molecule has 0 aliphatic carbocycles. The Hall–Kier alpha value is -2.20. The first kappa shape index (κ1) is 29.4. The standard InChI is InChI=1S/C27H35Cl2N3O5/c1-31(27(35)13-19-6-7-24(28)25(29)12-19)26(17-32-9-8-22(33)16-32)20-4-3-5-21(14-20)30-15-23(34)18-37-11-10-36-2/h3-7,12,14,22,26,30,33H,8-11,13,15-18H2,1-2H3/t22-,26+/m0/s1. The van der Waals surface area contributed by atoms with Crippen molar-refractivity contribution in [3.8, 4) is 0 Å². The van der Waals surface area contributed by atoms with Crippen molar-refractivity contribution in [2.24, 2.45) is 0 Å². The van der Waals surface area contributed by atoms with E-state index in [-0.39, 0.29) is 43.4 Å². The number of ketones is 1. The van der Waals surface area contributed by atoms with E-state index in [1.165, 1.54) is 0 Å². The van der Waals surface area contributed by atoms with E-state index in [1.807, 2.05) is 24.3 Å². The van der Waals surface area contributed by atoms with Crippen molar-refractivity contribution in [3.63, 3.8) is 0 Å². The third kappa shape index (κ3) is 9.25. The zero-order chi connectivity index (χ0) is 26.8. The first-order chi connectivity index (χ1) is 17.8. The molecule has 1 aliphatic heterocycles. The average Bonchev–Trinajstić information content (AvgIpc) is 3.30. The maximum absolute atomic E-state index is 13.3. The van der Waals surface area contributed by atoms with Crippen LogP contribution in [-0.2, 0) is 25.5 Å². The largest absolute Gasteiger partial charge is 0.392 e. The van der Waals surface area contributed by atoms with Crippen LogP contribution in [0.4, 0.5) is 5.69 Å². The second-order valence-corrected chi connectivity index (χ2v) is 10.0. The topological polar surface area (TPSA) is 91.3 Å². The van der Waals surface area contributed by atoms with Gasteiger partial charge in [-0.2, -0.15) is 0 Å². The molecule has 8 nitrogen and oxygen atoms in total. The van der Waals surface area contributed by atoms with E-state index in [9.17, 15) is 14.7 Å². The number of hydrogen-bond acceptors (Lipinski definition) is 7. The molecule has 1 heterocycles. The van der Waals surface area contributed by atoms with E-state index in [0.717, 1.165) is 23.4 Å². The third-order valence-corrected chi connectivity index (χ3v) is 7.07. The summed E-state index contributed by atoms with van der Waals surface area (Å²) in [6, 6.07) is 12.7. The van der Waals surface area contributed by atoms with E-state index in [1.54, 1.807) is 37.3 Å². The van der Waals surface area contributed by atoms with Crippen LogP contribution >= 0.6 is 23.2 Å². The molecule has 3 rings (SSSR count). The van der Waals surface area contributed by atoms with E-state index in [4.69, 9.17) is 32.7 Å². The minimum atomic E-state index is -0.358. The summed E-state index contributed by atoms with van der Waals surface area (Å²) in [4.78, 5) is 29.4. The number of likely N-dealkylation sites (tertiary alicyclic amines) is 1. The number of hydrogen-bond donors (Lipinski definition) is 2. The molecule has 2 atom stereocenters. The Balaban J connectivity index is 1.71. The van der Waals surface area contributed by atoms with Crippen molar-refractivity contribution in [3.05, 3.63) is 63.6 Å². The molecule has 2 N–H and O–H groups in total. The summed E-state index contributed by atoms with van der Waals surface area (Å²) in [6.45, 7) is 2.87. The normalized spacial score (nSPS) is 16.5. The van der Waals surface area contributed by atoms with Crippen molar-refractivity contribution < 1.29 is 24.2 Å². The number of rotatable bonds is 14. The molecule has 0 spiro atoms. The van der Waals surface area contributed by atoms with Crippen molar-refractivity contribution in [1.29, 1.82) is 0 Å². The van der Waals surface area contributed by atoms with Gasteiger partial charge in [0.2, 0.25) is 5.91 Å². The van der Waals surface area contributed by atoms with Crippen molar-refractivity contribution in [1.82, 2.24) is 9.80 Å². The molecular formula is C27H35Cl2N3O5. The number of carbonyl (C=O) groups is 2. The monoisotopic (exact) mass is 551 g/mol. The molecule has 1 amide bonds. The highest BCUT2D eigenvalue weighted by atomic mass is 35.5. The number of aliphatic hydroxyl groups excluding tert-OH is 1. The Morgan fingerprint density at radius 1 is 1.19 bits per heavy atom. The van der Waals surface area contributed by atoms with Crippen LogP contribution in [0.3, 0.4) is 0 Å². The maximum Gasteiger partial charge on any atom is 0.227 e. The summed E-state index contributed by atoms with van der Waals surface area (Å²) in [5.41, 5.74) is 2.49. The lowest BCUT2D eigenvalue weighted by atomic mass is 10.0. The molecule has 0 radical (unpaired) electrons. The highest BCUT2D eigenvalue weighted by Gasteiger charge is 2.28. The minimum Gasteiger partial charge on any atom is -0.392 e. The quantitative estimate of drug-likeness (QED) is 0.347. The van der Waals surface area contributed by atoms with Crippen LogP contribution in [0.5, 0.6) is 0 Å². The lowest BCUT2D eigenvalue weighted by Crippen LogP contribution is -2.39. The maximum atomic E-state index is 13.3. The highest BCUT2D eigenvalue weighted by molar-refractivity contribution is 6.42. The molecule has 0 bridgehead atoms. The zero-order valence-corrected chi connectivity index (χ0v) is 22.8. The fourth-order valence-corrected chi connectivity index (χ4v) is 4.55. The lowest BCUT2D eigenvalue weighted by molar-refractivity contribution is -0.131. The molecule has 10 heteroatoms. The molecule has 1 saturated heterocycles. The minimum absolute atomic E-state index is 0.0158. The van der Waals surface area contributed by atoms with Crippen LogP contribution in [-0.4, -0.2) is 92.9 Å². The smallest absolute Gasteiger partial charge is 0.227 e. The number of β-amino-alcohol motifs (C(OH)–C–C–N with tert-alkyl or cyclic N) is 1. The Kier molecular flexibility index (Phi) is 11.6. The number of halogens is 2. The van der Waals surface area contributed by atoms with Gasteiger partial charge >= 0.3 is 0 Å². The number of nitrogens with one attached hydrogen (secondary N) is 1. The van der Waals surface area contributed by atoms with Gasteiger partial charge in [0, 0.05) is 39.5 Å². The van der Waals surface area contributed by atoms with Gasteiger partial charge in [-0.3, -0.25) is 14.5 Å². The van der Waals surface area contributed by atoms with Crippen LogP contribution < -0.4 is 5.32 Å². The van der Waals surface area contributed by atoms with Crippen molar-refractivity contribution in [2.45, 2.75) is 25.0 Å². The SMILES string of the molecule is COCCOCC(=O)CNc1cccc([C@@H](CN2CC[C@H](O)C2)N(C)C(=O)Cc2ccc(Cl)c(Cl)c2)c1. The van der Waals surface area contributed by atoms with Gasteiger partial charge in [0.1, 0.15) is 6.61 Å². The molecule has 0 unspecified atom stereocenters. The number of anilines is 1. The number of likely N-dealkylation sites (N-methyl/N-ethyl adjacent to an activating group) is 1. The number of ether oxygens (including phenoxy) is 2. The number of amides is 1. The Bertz CT molecular complexity index is 1050. The van der Waals surface area contributed by atoms with E-state index < -0.39 is 0 Å². The predicted molar refractivity (Wildman–Crippen MR) is 145 cm³/mol. The van der Waals surface area contributed by atoms with Crippen molar-refractivity contribution in [2.75, 3.05) is 65.5 Å². The predicted octanol–water partition coefficient (Wildman–Crippen LogP) is 3.45. The Morgan fingerprint density at radius 2 is 2.00 bits per heavy atom. The number of benzene rings is 2. The van der Waals surface area contributed by atoms with Gasteiger partial charge in [-0.1, -0.05) is 41.4 Å².